The molecule has 11 nitrogen and oxygen atoms in total. The van der Waals surface area contributed by atoms with Crippen molar-refractivity contribution in [3.05, 3.63) is 88.2 Å². The number of anilines is 1. The van der Waals surface area contributed by atoms with Gasteiger partial charge >= 0.3 is 6.09 Å². The van der Waals surface area contributed by atoms with Gasteiger partial charge in [0.15, 0.2) is 11.5 Å². The van der Waals surface area contributed by atoms with Crippen molar-refractivity contribution in [1.82, 2.24) is 15.3 Å². The summed E-state index contributed by atoms with van der Waals surface area (Å²) in [7, 11) is 1.61. The molecular formula is C34H41BrN4O7. The number of hydrogen-bond acceptors (Lipinski definition) is 10. The number of nitrogens with zero attached hydrogens (tertiary/aromatic N) is 2. The molecule has 0 aliphatic heterocycles. The highest BCUT2D eigenvalue weighted by Gasteiger charge is 2.15. The van der Waals surface area contributed by atoms with E-state index in [-0.39, 0.29) is 12.6 Å². The summed E-state index contributed by atoms with van der Waals surface area (Å²) in [5.74, 6) is 2.54. The molecule has 0 fully saturated rings. The smallest absolute Gasteiger partial charge is 0.407 e. The molecule has 0 spiro atoms. The maximum Gasteiger partial charge on any atom is 0.407 e. The summed E-state index contributed by atoms with van der Waals surface area (Å²) < 4.78 is 34.4. The van der Waals surface area contributed by atoms with E-state index < -0.39 is 6.09 Å². The second kappa shape index (κ2) is 18.9. The minimum atomic E-state index is -0.475. The van der Waals surface area contributed by atoms with E-state index in [1.54, 1.807) is 7.11 Å². The topological polar surface area (TPSA) is 122 Å². The molecule has 1 amide bonds. The molecule has 0 radical (unpaired) electrons. The molecule has 0 aliphatic carbocycles. The number of halogens is 1. The molecule has 46 heavy (non-hydrogen) atoms. The molecule has 2 N–H and O–H groups in total. The van der Waals surface area contributed by atoms with Crippen molar-refractivity contribution in [2.45, 2.75) is 26.5 Å². The van der Waals surface area contributed by atoms with Crippen LogP contribution in [0.25, 0.3) is 10.9 Å². The highest BCUT2D eigenvalue weighted by Crippen LogP contribution is 2.35. The Bertz CT molecular complexity index is 1530. The van der Waals surface area contributed by atoms with Crippen LogP contribution in [-0.4, -0.2) is 76.0 Å². The number of nitrogens with one attached hydrogen (secondary N) is 2. The van der Waals surface area contributed by atoms with E-state index in [0.717, 1.165) is 32.3 Å². The maximum atomic E-state index is 11.7. The average Bonchev–Trinajstić information content (AvgIpc) is 3.06. The van der Waals surface area contributed by atoms with Gasteiger partial charge in [-0.3, -0.25) is 0 Å². The number of aromatic nitrogens is 2. The lowest BCUT2D eigenvalue weighted by Crippen LogP contribution is -2.28. The van der Waals surface area contributed by atoms with Gasteiger partial charge in [0.05, 0.1) is 58.3 Å². The Morgan fingerprint density at radius 2 is 1.57 bits per heavy atom. The molecule has 246 valence electrons. The highest BCUT2D eigenvalue weighted by atomic mass is 79.9. The van der Waals surface area contributed by atoms with E-state index in [1.165, 1.54) is 0 Å². The van der Waals surface area contributed by atoms with Crippen molar-refractivity contribution in [2.75, 3.05) is 65.2 Å². The predicted octanol–water partition coefficient (Wildman–Crippen LogP) is 6.24. The van der Waals surface area contributed by atoms with Crippen LogP contribution in [0.15, 0.2) is 71.2 Å². The van der Waals surface area contributed by atoms with Crippen molar-refractivity contribution in [2.24, 2.45) is 0 Å². The number of methoxy groups -OCH3 is 1. The molecule has 1 atom stereocenters. The van der Waals surface area contributed by atoms with E-state index in [9.17, 15) is 4.79 Å². The molecule has 0 unspecified atom stereocenters. The Hall–Kier alpha value is -3.97. The lowest BCUT2D eigenvalue weighted by molar-refractivity contribution is 0.00966. The molecule has 12 heteroatoms. The van der Waals surface area contributed by atoms with Gasteiger partial charge in [-0.15, -0.1) is 0 Å². The number of ether oxygens (including phenoxy) is 6. The molecule has 3 aromatic carbocycles. The standard InChI is InChI=1S/C34H41BrN4O7/c1-24(27-10-7-11-28(35)20-27)37-33-29-21-31(41-3)32(22-30(29)38-25(2)39-33)45-19-18-44-17-16-43-15-14-42-13-12-36-34(40)46-23-26-8-5-4-6-9-26/h4-11,20-22,24H,12-19,23H2,1-3H3,(H,36,40)(H,37,38,39)/t24-/m1/s1. The Balaban J connectivity index is 1.10. The number of carbonyl (C=O) groups excluding carboxylic acids is 1. The first-order chi connectivity index (χ1) is 22.4. The largest absolute Gasteiger partial charge is 0.493 e. The summed E-state index contributed by atoms with van der Waals surface area (Å²) in [6.45, 7) is 7.31. The van der Waals surface area contributed by atoms with Gasteiger partial charge in [-0.25, -0.2) is 14.8 Å². The van der Waals surface area contributed by atoms with Crippen molar-refractivity contribution in [1.29, 1.82) is 0 Å². The zero-order valence-corrected chi connectivity index (χ0v) is 28.0. The fraction of sp³-hybridized carbons (Fsp3) is 0.382. The van der Waals surface area contributed by atoms with Crippen LogP contribution in [0, 0.1) is 6.92 Å². The van der Waals surface area contributed by atoms with Gasteiger partial charge in [-0.05, 0) is 43.2 Å². The number of carbonyl (C=O) groups is 1. The van der Waals surface area contributed by atoms with Gasteiger partial charge < -0.3 is 39.1 Å². The van der Waals surface area contributed by atoms with E-state index in [0.29, 0.717) is 70.1 Å². The number of hydrogen-bond donors (Lipinski definition) is 2. The summed E-state index contributed by atoms with van der Waals surface area (Å²) in [5, 5.41) is 7.01. The Labute approximate surface area is 278 Å². The van der Waals surface area contributed by atoms with Crippen LogP contribution in [0.1, 0.15) is 29.9 Å². The predicted molar refractivity (Wildman–Crippen MR) is 180 cm³/mol. The lowest BCUT2D eigenvalue weighted by atomic mass is 10.1. The average molecular weight is 698 g/mol. The van der Waals surface area contributed by atoms with Gasteiger partial charge in [0, 0.05) is 22.5 Å². The van der Waals surface area contributed by atoms with Crippen LogP contribution in [0.5, 0.6) is 11.5 Å². The van der Waals surface area contributed by atoms with Crippen LogP contribution >= 0.6 is 15.9 Å². The van der Waals surface area contributed by atoms with Crippen molar-refractivity contribution in [3.8, 4) is 11.5 Å². The first-order valence-corrected chi connectivity index (χ1v) is 15.9. The van der Waals surface area contributed by atoms with Crippen LogP contribution in [0.2, 0.25) is 0 Å². The van der Waals surface area contributed by atoms with Gasteiger partial charge in [0.1, 0.15) is 24.9 Å². The van der Waals surface area contributed by atoms with E-state index in [2.05, 4.69) is 55.6 Å². The Morgan fingerprint density at radius 3 is 2.28 bits per heavy atom. The molecule has 4 aromatic rings. The third-order valence-corrected chi connectivity index (χ3v) is 7.25. The summed E-state index contributed by atoms with van der Waals surface area (Å²) in [5.41, 5.74) is 2.82. The number of rotatable bonds is 19. The Kier molecular flexibility index (Phi) is 14.3. The fourth-order valence-corrected chi connectivity index (χ4v) is 4.87. The van der Waals surface area contributed by atoms with Crippen molar-refractivity contribution < 1.29 is 33.2 Å². The highest BCUT2D eigenvalue weighted by molar-refractivity contribution is 9.10. The molecule has 1 heterocycles. The summed E-state index contributed by atoms with van der Waals surface area (Å²) in [6, 6.07) is 21.5. The van der Waals surface area contributed by atoms with Crippen molar-refractivity contribution >= 4 is 38.7 Å². The molecule has 1 aromatic heterocycles. The number of benzene rings is 3. The van der Waals surface area contributed by atoms with E-state index in [4.69, 9.17) is 28.4 Å². The fourth-order valence-electron chi connectivity index (χ4n) is 4.45. The van der Waals surface area contributed by atoms with Crippen LogP contribution in [0.4, 0.5) is 10.6 Å². The zero-order valence-electron chi connectivity index (χ0n) is 26.4. The van der Waals surface area contributed by atoms with Gasteiger partial charge in [-0.2, -0.15) is 0 Å². The maximum absolute atomic E-state index is 11.7. The number of alkyl carbamates (subject to hydrolysis) is 1. The quantitative estimate of drug-likeness (QED) is 0.109. The van der Waals surface area contributed by atoms with Crippen LogP contribution in [0.3, 0.4) is 0 Å². The van der Waals surface area contributed by atoms with Crippen LogP contribution in [-0.2, 0) is 25.6 Å². The first kappa shape index (κ1) is 34.9. The van der Waals surface area contributed by atoms with Crippen molar-refractivity contribution in [3.63, 3.8) is 0 Å². The molecule has 0 saturated carbocycles. The van der Waals surface area contributed by atoms with E-state index in [1.807, 2.05) is 61.5 Å². The number of amides is 1. The Morgan fingerprint density at radius 1 is 0.848 bits per heavy atom. The summed E-state index contributed by atoms with van der Waals surface area (Å²) in [4.78, 5) is 21.0. The number of aryl methyl sites for hydroxylation is 1. The van der Waals surface area contributed by atoms with Gasteiger partial charge in [0.25, 0.3) is 0 Å². The van der Waals surface area contributed by atoms with Gasteiger partial charge in [0.2, 0.25) is 0 Å². The van der Waals surface area contributed by atoms with E-state index >= 15 is 0 Å². The normalized spacial score (nSPS) is 11.7. The molecule has 4 rings (SSSR count). The zero-order chi connectivity index (χ0) is 32.6. The monoisotopic (exact) mass is 696 g/mol. The minimum Gasteiger partial charge on any atom is -0.493 e. The third-order valence-electron chi connectivity index (χ3n) is 6.75. The first-order valence-electron chi connectivity index (χ1n) is 15.1. The molecule has 0 bridgehead atoms. The second-order valence-electron chi connectivity index (χ2n) is 10.2. The molecule has 0 aliphatic rings. The molecule has 0 saturated heterocycles. The third kappa shape index (κ3) is 11.4. The van der Waals surface area contributed by atoms with Crippen LogP contribution < -0.4 is 20.1 Å². The minimum absolute atomic E-state index is 0.0240. The molecular weight excluding hydrogens is 656 g/mol. The summed E-state index contributed by atoms with van der Waals surface area (Å²) >= 11 is 3.54. The second-order valence-corrected chi connectivity index (χ2v) is 11.2. The summed E-state index contributed by atoms with van der Waals surface area (Å²) in [6.07, 6.45) is -0.475. The van der Waals surface area contributed by atoms with Gasteiger partial charge in [-0.1, -0.05) is 58.4 Å². The SMILES string of the molecule is COc1cc2c(N[C@H](C)c3cccc(Br)c3)nc(C)nc2cc1OCCOCCOCCOCCNC(=O)OCc1ccccc1. The number of fused-ring (bicyclic) bond motifs is 1. The lowest BCUT2D eigenvalue weighted by Gasteiger charge is -2.18.